The van der Waals surface area contributed by atoms with Crippen LogP contribution in [0.1, 0.15) is 49.9 Å². The molecule has 1 rings (SSSR count). The van der Waals surface area contributed by atoms with Crippen LogP contribution in [0, 0.1) is 5.92 Å². The van der Waals surface area contributed by atoms with Crippen molar-refractivity contribution in [2.75, 3.05) is 12.3 Å². The first-order valence-electron chi connectivity index (χ1n) is 6.92. The highest BCUT2D eigenvalue weighted by atomic mass is 35.5. The van der Waals surface area contributed by atoms with Gasteiger partial charge in [-0.05, 0) is 24.5 Å². The fourth-order valence-corrected chi connectivity index (χ4v) is 2.19. The van der Waals surface area contributed by atoms with Gasteiger partial charge >= 0.3 is 0 Å². The quantitative estimate of drug-likeness (QED) is 0.746. The van der Waals surface area contributed by atoms with Crippen LogP contribution < -0.4 is 11.1 Å². The average molecular weight is 283 g/mol. The minimum Gasteiger partial charge on any atom is -0.397 e. The molecule has 1 amide bonds. The molecule has 0 spiro atoms. The van der Waals surface area contributed by atoms with Crippen molar-refractivity contribution in [2.45, 2.75) is 39.5 Å². The van der Waals surface area contributed by atoms with Gasteiger partial charge in [0.05, 0.1) is 16.3 Å². The Kier molecular flexibility index (Phi) is 6.71. The van der Waals surface area contributed by atoms with E-state index in [1.54, 1.807) is 18.2 Å². The highest BCUT2D eigenvalue weighted by Gasteiger charge is 2.13. The number of hydrogen-bond donors (Lipinski definition) is 2. The molecule has 3 nitrogen and oxygen atoms in total. The lowest BCUT2D eigenvalue weighted by Crippen LogP contribution is -2.29. The van der Waals surface area contributed by atoms with E-state index in [1.807, 2.05) is 0 Å². The molecule has 1 unspecified atom stereocenters. The van der Waals surface area contributed by atoms with Gasteiger partial charge in [0.15, 0.2) is 0 Å². The number of amides is 1. The molecule has 3 N–H and O–H groups in total. The second-order valence-electron chi connectivity index (χ2n) is 4.83. The van der Waals surface area contributed by atoms with Gasteiger partial charge in [0.25, 0.3) is 5.91 Å². The molecule has 0 heterocycles. The molecule has 4 heteroatoms. The fourth-order valence-electron chi connectivity index (χ4n) is 2.01. The van der Waals surface area contributed by atoms with Crippen LogP contribution >= 0.6 is 11.6 Å². The van der Waals surface area contributed by atoms with Crippen molar-refractivity contribution in [1.29, 1.82) is 0 Å². The van der Waals surface area contributed by atoms with Crippen LogP contribution in [-0.4, -0.2) is 12.5 Å². The number of unbranched alkanes of at least 4 members (excludes halogenated alkanes) is 1. The van der Waals surface area contributed by atoms with Crippen molar-refractivity contribution in [2.24, 2.45) is 5.92 Å². The zero-order valence-electron chi connectivity index (χ0n) is 11.7. The van der Waals surface area contributed by atoms with Gasteiger partial charge in [-0.2, -0.15) is 0 Å². The van der Waals surface area contributed by atoms with Crippen LogP contribution in [0.25, 0.3) is 0 Å². The third-order valence-electron chi connectivity index (χ3n) is 3.39. The number of hydrogen-bond acceptors (Lipinski definition) is 2. The molecular formula is C15H23ClN2O. The summed E-state index contributed by atoms with van der Waals surface area (Å²) in [6, 6.07) is 5.12. The molecule has 1 atom stereocenters. The van der Waals surface area contributed by atoms with E-state index in [0.717, 1.165) is 12.8 Å². The van der Waals surface area contributed by atoms with E-state index < -0.39 is 0 Å². The Morgan fingerprint density at radius 2 is 2.16 bits per heavy atom. The van der Waals surface area contributed by atoms with E-state index >= 15 is 0 Å². The van der Waals surface area contributed by atoms with Crippen LogP contribution in [-0.2, 0) is 0 Å². The Morgan fingerprint density at radius 1 is 1.42 bits per heavy atom. The van der Waals surface area contributed by atoms with Crippen molar-refractivity contribution >= 4 is 23.2 Å². The molecule has 0 fully saturated rings. The van der Waals surface area contributed by atoms with Gasteiger partial charge in [0, 0.05) is 6.54 Å². The number of halogens is 1. The number of carbonyl (C=O) groups excluding carboxylic acids is 1. The summed E-state index contributed by atoms with van der Waals surface area (Å²) in [5, 5.41) is 3.37. The predicted octanol–water partition coefficient (Wildman–Crippen LogP) is 3.87. The normalized spacial score (nSPS) is 12.2. The van der Waals surface area contributed by atoms with Gasteiger partial charge in [-0.1, -0.05) is 50.8 Å². The first-order valence-corrected chi connectivity index (χ1v) is 7.30. The van der Waals surface area contributed by atoms with Crippen LogP contribution in [0.15, 0.2) is 18.2 Å². The van der Waals surface area contributed by atoms with E-state index in [1.165, 1.54) is 12.8 Å². The Bertz CT molecular complexity index is 421. The zero-order valence-corrected chi connectivity index (χ0v) is 12.5. The first kappa shape index (κ1) is 15.8. The summed E-state index contributed by atoms with van der Waals surface area (Å²) >= 11 is 5.91. The average Bonchev–Trinajstić information content (AvgIpc) is 2.42. The maximum atomic E-state index is 12.1. The van der Waals surface area contributed by atoms with Crippen molar-refractivity contribution in [3.8, 4) is 0 Å². The minimum absolute atomic E-state index is 0.144. The van der Waals surface area contributed by atoms with E-state index in [4.69, 9.17) is 17.3 Å². The summed E-state index contributed by atoms with van der Waals surface area (Å²) in [4.78, 5) is 12.1. The number of rotatable bonds is 7. The molecule has 0 aromatic heterocycles. The van der Waals surface area contributed by atoms with Crippen LogP contribution in [0.4, 0.5) is 5.69 Å². The minimum atomic E-state index is -0.144. The largest absolute Gasteiger partial charge is 0.397 e. The molecular weight excluding hydrogens is 260 g/mol. The lowest BCUT2D eigenvalue weighted by atomic mass is 9.99. The molecule has 0 aliphatic heterocycles. The SMILES string of the molecule is CCCCC(CC)CNC(=O)c1cccc(Cl)c1N. The van der Waals surface area contributed by atoms with Crippen molar-refractivity contribution in [1.82, 2.24) is 5.32 Å². The second-order valence-corrected chi connectivity index (χ2v) is 5.23. The van der Waals surface area contributed by atoms with E-state index in [-0.39, 0.29) is 5.91 Å². The van der Waals surface area contributed by atoms with Gasteiger partial charge in [-0.15, -0.1) is 0 Å². The molecule has 0 aliphatic rings. The highest BCUT2D eigenvalue weighted by molar-refractivity contribution is 6.33. The van der Waals surface area contributed by atoms with Crippen molar-refractivity contribution < 1.29 is 4.79 Å². The number of para-hydroxylation sites is 1. The summed E-state index contributed by atoms with van der Waals surface area (Å²) < 4.78 is 0. The summed E-state index contributed by atoms with van der Waals surface area (Å²) in [6.45, 7) is 5.03. The molecule has 1 aromatic rings. The molecule has 0 radical (unpaired) electrons. The molecule has 0 saturated heterocycles. The predicted molar refractivity (Wildman–Crippen MR) is 81.5 cm³/mol. The number of nitrogens with two attached hydrogens (primary N) is 1. The molecule has 0 saturated carbocycles. The number of carbonyl (C=O) groups is 1. The lowest BCUT2D eigenvalue weighted by molar-refractivity contribution is 0.0946. The summed E-state index contributed by atoms with van der Waals surface area (Å²) in [7, 11) is 0. The number of benzene rings is 1. The van der Waals surface area contributed by atoms with E-state index in [0.29, 0.717) is 28.7 Å². The smallest absolute Gasteiger partial charge is 0.253 e. The first-order chi connectivity index (χ1) is 9.10. The maximum absolute atomic E-state index is 12.1. The number of nitrogen functional groups attached to an aromatic ring is 1. The van der Waals surface area contributed by atoms with Gasteiger partial charge in [-0.3, -0.25) is 4.79 Å². The van der Waals surface area contributed by atoms with Crippen LogP contribution in [0.2, 0.25) is 5.02 Å². The molecule has 1 aromatic carbocycles. The van der Waals surface area contributed by atoms with E-state index in [9.17, 15) is 4.79 Å². The van der Waals surface area contributed by atoms with Crippen molar-refractivity contribution in [3.63, 3.8) is 0 Å². The Balaban J connectivity index is 2.57. The topological polar surface area (TPSA) is 55.1 Å². The zero-order chi connectivity index (χ0) is 14.3. The number of anilines is 1. The van der Waals surface area contributed by atoms with Gasteiger partial charge in [-0.25, -0.2) is 0 Å². The molecule has 106 valence electrons. The van der Waals surface area contributed by atoms with Gasteiger partial charge in [0.2, 0.25) is 0 Å². The van der Waals surface area contributed by atoms with Crippen LogP contribution in [0.3, 0.4) is 0 Å². The molecule has 19 heavy (non-hydrogen) atoms. The Hall–Kier alpha value is -1.22. The third-order valence-corrected chi connectivity index (χ3v) is 3.72. The standard InChI is InChI=1S/C15H23ClN2O/c1-3-5-7-11(4-2)10-18-15(19)12-8-6-9-13(16)14(12)17/h6,8-9,11H,3-5,7,10,17H2,1-2H3,(H,18,19). The second kappa shape index (κ2) is 8.05. The number of nitrogens with one attached hydrogen (secondary N) is 1. The van der Waals surface area contributed by atoms with Crippen LogP contribution in [0.5, 0.6) is 0 Å². The fraction of sp³-hybridized carbons (Fsp3) is 0.533. The molecule has 0 aliphatic carbocycles. The van der Waals surface area contributed by atoms with Crippen molar-refractivity contribution in [3.05, 3.63) is 28.8 Å². The molecule has 0 bridgehead atoms. The van der Waals surface area contributed by atoms with Gasteiger partial charge < -0.3 is 11.1 Å². The van der Waals surface area contributed by atoms with E-state index in [2.05, 4.69) is 19.2 Å². The monoisotopic (exact) mass is 282 g/mol. The van der Waals surface area contributed by atoms with Gasteiger partial charge in [0.1, 0.15) is 0 Å². The third kappa shape index (κ3) is 4.75. The summed E-state index contributed by atoms with van der Waals surface area (Å²) in [5.41, 5.74) is 6.62. The summed E-state index contributed by atoms with van der Waals surface area (Å²) in [6.07, 6.45) is 4.61. The Labute approximate surface area is 120 Å². The lowest BCUT2D eigenvalue weighted by Gasteiger charge is -2.16. The maximum Gasteiger partial charge on any atom is 0.253 e. The Morgan fingerprint density at radius 3 is 2.79 bits per heavy atom. The highest BCUT2D eigenvalue weighted by Crippen LogP contribution is 2.22. The summed E-state index contributed by atoms with van der Waals surface area (Å²) in [5.74, 6) is 0.388.